The fourth-order valence-electron chi connectivity index (χ4n) is 2.39. The molecule has 2 rings (SSSR count). The summed E-state index contributed by atoms with van der Waals surface area (Å²) in [5, 5.41) is 3.06. The van der Waals surface area contributed by atoms with Crippen LogP contribution in [0.15, 0.2) is 42.5 Å². The zero-order valence-corrected chi connectivity index (χ0v) is 16.1. The maximum atomic E-state index is 12.4. The van der Waals surface area contributed by atoms with Crippen LogP contribution in [0.2, 0.25) is 5.02 Å². The van der Waals surface area contributed by atoms with Gasteiger partial charge in [0.05, 0.1) is 18.7 Å². The minimum Gasteiger partial charge on any atom is -0.493 e. The van der Waals surface area contributed by atoms with Gasteiger partial charge in [-0.25, -0.2) is 0 Å². The van der Waals surface area contributed by atoms with Gasteiger partial charge in [-0.3, -0.25) is 4.79 Å². The molecular weight excluding hydrogens is 392 g/mol. The van der Waals surface area contributed by atoms with Gasteiger partial charge in [0.2, 0.25) is 5.91 Å². The van der Waals surface area contributed by atoms with E-state index in [4.69, 9.17) is 21.1 Å². The van der Waals surface area contributed by atoms with Crippen LogP contribution in [-0.2, 0) is 11.3 Å². The van der Waals surface area contributed by atoms with E-state index in [1.165, 1.54) is 25.3 Å². The number of carbonyl (C=O) groups is 1. The number of carbonyl (C=O) groups excluding carboxylic acids is 1. The number of amides is 1. The van der Waals surface area contributed by atoms with E-state index in [1.54, 1.807) is 30.3 Å². The molecule has 0 aliphatic heterocycles. The summed E-state index contributed by atoms with van der Waals surface area (Å²) in [5.41, 5.74) is 1.08. The Morgan fingerprint density at radius 1 is 1.25 bits per heavy atom. The molecule has 2 aromatic carbocycles. The maximum absolute atomic E-state index is 12.4. The van der Waals surface area contributed by atoms with Crippen molar-refractivity contribution in [2.75, 3.05) is 13.7 Å². The van der Waals surface area contributed by atoms with Gasteiger partial charge in [0, 0.05) is 18.2 Å². The molecule has 0 radical (unpaired) electrons. The summed E-state index contributed by atoms with van der Waals surface area (Å²) in [7, 11) is 1.50. The Labute approximate surface area is 166 Å². The second-order valence-corrected chi connectivity index (χ2v) is 5.92. The lowest BCUT2D eigenvalue weighted by atomic mass is 10.1. The molecule has 0 aliphatic carbocycles. The van der Waals surface area contributed by atoms with Gasteiger partial charge >= 0.3 is 6.61 Å². The van der Waals surface area contributed by atoms with Crippen LogP contribution < -0.4 is 19.5 Å². The molecule has 8 heteroatoms. The first-order chi connectivity index (χ1) is 13.4. The summed E-state index contributed by atoms with van der Waals surface area (Å²) in [6.45, 7) is -0.474. The Kier molecular flexibility index (Phi) is 8.07. The molecule has 150 valence electrons. The van der Waals surface area contributed by atoms with Crippen molar-refractivity contribution >= 4 is 23.6 Å². The summed E-state index contributed by atoms with van der Waals surface area (Å²) in [6.07, 6.45) is 2.64. The number of hydrogen-bond donors (Lipinski definition) is 1. The molecule has 1 amide bonds. The van der Waals surface area contributed by atoms with Gasteiger partial charge < -0.3 is 19.5 Å². The first-order valence-electron chi connectivity index (χ1n) is 8.43. The number of hydrogen-bond acceptors (Lipinski definition) is 4. The molecular formula is C20H20ClF2NO4. The van der Waals surface area contributed by atoms with E-state index < -0.39 is 12.5 Å². The highest BCUT2D eigenvalue weighted by molar-refractivity contribution is 6.32. The van der Waals surface area contributed by atoms with Crippen molar-refractivity contribution in [3.05, 3.63) is 58.6 Å². The summed E-state index contributed by atoms with van der Waals surface area (Å²) >= 11 is 6.20. The molecule has 0 unspecified atom stereocenters. The van der Waals surface area contributed by atoms with Gasteiger partial charge in [-0.1, -0.05) is 29.8 Å². The molecule has 28 heavy (non-hydrogen) atoms. The molecule has 0 bridgehead atoms. The minimum absolute atomic E-state index is 0.00965. The fraction of sp³-hybridized carbons (Fsp3) is 0.250. The molecule has 1 N–H and O–H groups in total. The van der Waals surface area contributed by atoms with E-state index in [9.17, 15) is 13.6 Å². The molecule has 0 saturated carbocycles. The highest BCUT2D eigenvalue weighted by atomic mass is 35.5. The molecule has 0 aromatic heterocycles. The lowest BCUT2D eigenvalue weighted by Crippen LogP contribution is -2.20. The third-order valence-corrected chi connectivity index (χ3v) is 3.87. The summed E-state index contributed by atoms with van der Waals surface area (Å²) < 4.78 is 40.0. The van der Waals surface area contributed by atoms with Crippen molar-refractivity contribution in [3.63, 3.8) is 0 Å². The van der Waals surface area contributed by atoms with Crippen molar-refractivity contribution in [2.45, 2.75) is 20.1 Å². The fourth-order valence-corrected chi connectivity index (χ4v) is 2.68. The van der Waals surface area contributed by atoms with E-state index >= 15 is 0 Å². The number of rotatable bonds is 9. The standard InChI is InChI=1S/C20H20ClF2NO4/c1-3-27-19-15(21)10-13(11-17(19)26-2)12-24-18(25)9-8-14-6-4-5-7-16(14)28-20(22)23/h4-11,20H,3,12H2,1-2H3,(H,24,25)/b9-8+. The molecule has 0 atom stereocenters. The van der Waals surface area contributed by atoms with E-state index in [0.717, 1.165) is 0 Å². The Balaban J connectivity index is 2.03. The van der Waals surface area contributed by atoms with Gasteiger partial charge in [0.15, 0.2) is 11.5 Å². The molecule has 5 nitrogen and oxygen atoms in total. The Bertz CT molecular complexity index is 843. The lowest BCUT2D eigenvalue weighted by molar-refractivity contribution is -0.116. The Hall–Kier alpha value is -2.80. The van der Waals surface area contributed by atoms with E-state index in [-0.39, 0.29) is 12.3 Å². The third kappa shape index (κ3) is 6.13. The van der Waals surface area contributed by atoms with Crippen LogP contribution in [-0.4, -0.2) is 26.2 Å². The van der Waals surface area contributed by atoms with Crippen molar-refractivity contribution in [1.29, 1.82) is 0 Å². The maximum Gasteiger partial charge on any atom is 0.387 e. The monoisotopic (exact) mass is 411 g/mol. The number of benzene rings is 2. The van der Waals surface area contributed by atoms with E-state index in [1.807, 2.05) is 6.92 Å². The number of alkyl halides is 2. The van der Waals surface area contributed by atoms with Crippen LogP contribution in [0.3, 0.4) is 0 Å². The zero-order chi connectivity index (χ0) is 20.5. The van der Waals surface area contributed by atoms with Crippen LogP contribution in [0.25, 0.3) is 6.08 Å². The van der Waals surface area contributed by atoms with Gasteiger partial charge in [0.25, 0.3) is 0 Å². The highest BCUT2D eigenvalue weighted by Crippen LogP contribution is 2.36. The van der Waals surface area contributed by atoms with Crippen LogP contribution in [0, 0.1) is 0 Å². The normalized spacial score (nSPS) is 10.9. The Morgan fingerprint density at radius 3 is 2.68 bits per heavy atom. The predicted molar refractivity (Wildman–Crippen MR) is 103 cm³/mol. The van der Waals surface area contributed by atoms with Crippen LogP contribution in [0.1, 0.15) is 18.1 Å². The number of para-hydroxylation sites is 1. The molecule has 0 fully saturated rings. The average molecular weight is 412 g/mol. The number of halogens is 3. The second-order valence-electron chi connectivity index (χ2n) is 5.51. The van der Waals surface area contributed by atoms with Gasteiger partial charge in [-0.05, 0) is 36.8 Å². The largest absolute Gasteiger partial charge is 0.493 e. The van der Waals surface area contributed by atoms with Crippen molar-refractivity contribution in [1.82, 2.24) is 5.32 Å². The highest BCUT2D eigenvalue weighted by Gasteiger charge is 2.12. The first kappa shape index (κ1) is 21.5. The quantitative estimate of drug-likeness (QED) is 0.609. The van der Waals surface area contributed by atoms with E-state index in [2.05, 4.69) is 10.1 Å². The van der Waals surface area contributed by atoms with Crippen LogP contribution >= 0.6 is 11.6 Å². The third-order valence-electron chi connectivity index (χ3n) is 3.59. The molecule has 0 heterocycles. The smallest absolute Gasteiger partial charge is 0.387 e. The molecule has 0 saturated heterocycles. The van der Waals surface area contributed by atoms with Gasteiger partial charge in [-0.15, -0.1) is 0 Å². The first-order valence-corrected chi connectivity index (χ1v) is 8.81. The Morgan fingerprint density at radius 2 is 2.00 bits per heavy atom. The second kappa shape index (κ2) is 10.5. The topological polar surface area (TPSA) is 56.8 Å². The minimum atomic E-state index is -2.94. The number of nitrogens with one attached hydrogen (secondary N) is 1. The van der Waals surface area contributed by atoms with Crippen LogP contribution in [0.5, 0.6) is 17.2 Å². The summed E-state index contributed by atoms with van der Waals surface area (Å²) in [6, 6.07) is 9.58. The van der Waals surface area contributed by atoms with Crippen molar-refractivity contribution < 1.29 is 27.8 Å². The predicted octanol–water partition coefficient (Wildman–Crippen LogP) is 4.68. The molecule has 0 aliphatic rings. The number of ether oxygens (including phenoxy) is 3. The summed E-state index contributed by atoms with van der Waals surface area (Å²) in [4.78, 5) is 12.1. The van der Waals surface area contributed by atoms with Gasteiger partial charge in [-0.2, -0.15) is 8.78 Å². The molecule has 0 spiro atoms. The van der Waals surface area contributed by atoms with Crippen LogP contribution in [0.4, 0.5) is 8.78 Å². The zero-order valence-electron chi connectivity index (χ0n) is 15.4. The molecule has 2 aromatic rings. The summed E-state index contributed by atoms with van der Waals surface area (Å²) in [5.74, 6) is 0.491. The average Bonchev–Trinajstić information content (AvgIpc) is 2.67. The van der Waals surface area contributed by atoms with Gasteiger partial charge in [0.1, 0.15) is 5.75 Å². The SMILES string of the molecule is CCOc1c(Cl)cc(CNC(=O)/C=C/c2ccccc2OC(F)F)cc1OC. The number of methoxy groups -OCH3 is 1. The van der Waals surface area contributed by atoms with Crippen molar-refractivity contribution in [3.8, 4) is 17.2 Å². The van der Waals surface area contributed by atoms with E-state index in [0.29, 0.717) is 34.3 Å². The van der Waals surface area contributed by atoms with Crippen molar-refractivity contribution in [2.24, 2.45) is 0 Å². The lowest BCUT2D eigenvalue weighted by Gasteiger charge is -2.13.